The van der Waals surface area contributed by atoms with Crippen molar-refractivity contribution in [1.82, 2.24) is 10.3 Å². The Balaban J connectivity index is 1.96. The Labute approximate surface area is 214 Å². The molecule has 3 rings (SSSR count). The van der Waals surface area contributed by atoms with Crippen LogP contribution in [0, 0.1) is 11.6 Å². The summed E-state index contributed by atoms with van der Waals surface area (Å²) in [4.78, 5) is 24.4. The number of rotatable bonds is 8. The number of nitrogens with zero attached hydrogens (tertiary/aromatic N) is 2. The molecule has 1 aliphatic heterocycles. The highest BCUT2D eigenvalue weighted by molar-refractivity contribution is 8.15. The maximum absolute atomic E-state index is 14.7. The van der Waals surface area contributed by atoms with Gasteiger partial charge in [-0.1, -0.05) is 42.1 Å². The Kier molecular flexibility index (Phi) is 8.73. The van der Waals surface area contributed by atoms with Crippen LogP contribution in [-0.4, -0.2) is 47.4 Å². The maximum atomic E-state index is 14.7. The molecule has 0 bridgehead atoms. The number of benzene rings is 2. The van der Waals surface area contributed by atoms with Crippen LogP contribution >= 0.6 is 11.8 Å². The number of nitrogens with one attached hydrogen (secondary N) is 1. The average Bonchev–Trinajstić information content (AvgIpc) is 3.22. The number of hydrogen-bond acceptors (Lipinski definition) is 6. The van der Waals surface area contributed by atoms with Crippen LogP contribution in [-0.2, 0) is 19.1 Å². The molecule has 0 saturated heterocycles. The second kappa shape index (κ2) is 11.4. The van der Waals surface area contributed by atoms with Crippen molar-refractivity contribution in [3.8, 4) is 0 Å². The molecular weight excluding hydrogens is 488 g/mol. The lowest BCUT2D eigenvalue weighted by Gasteiger charge is -2.37. The first-order chi connectivity index (χ1) is 17.0. The number of methoxy groups -OCH3 is 1. The van der Waals surface area contributed by atoms with Gasteiger partial charge in [0.25, 0.3) is 5.91 Å². The molecule has 7 nitrogen and oxygen atoms in total. The van der Waals surface area contributed by atoms with Crippen molar-refractivity contribution in [2.24, 2.45) is 5.10 Å². The van der Waals surface area contributed by atoms with E-state index in [0.29, 0.717) is 12.8 Å². The SMILES string of the molecule is CO[C@@H](C)C(=O)N1N=C(c2cc(F)ccc2F)S[C@]1(CCCNC(=O)OC(C)(C)C)c1ccccc1. The van der Waals surface area contributed by atoms with Gasteiger partial charge in [-0.2, -0.15) is 5.10 Å². The third-order valence-electron chi connectivity index (χ3n) is 5.45. The molecule has 10 heteroatoms. The van der Waals surface area contributed by atoms with Crippen LogP contribution in [0.25, 0.3) is 0 Å². The first-order valence-electron chi connectivity index (χ1n) is 11.6. The van der Waals surface area contributed by atoms with Crippen molar-refractivity contribution in [2.45, 2.75) is 57.1 Å². The molecule has 1 aliphatic rings. The minimum absolute atomic E-state index is 0.0347. The van der Waals surface area contributed by atoms with Crippen molar-refractivity contribution < 1.29 is 27.8 Å². The van der Waals surface area contributed by atoms with Crippen LogP contribution in [0.3, 0.4) is 0 Å². The van der Waals surface area contributed by atoms with Crippen LogP contribution in [0.1, 0.15) is 51.7 Å². The predicted octanol–water partition coefficient (Wildman–Crippen LogP) is 5.39. The number of hydrazone groups is 1. The zero-order valence-corrected chi connectivity index (χ0v) is 21.8. The van der Waals surface area contributed by atoms with E-state index in [4.69, 9.17) is 9.47 Å². The third-order valence-corrected chi connectivity index (χ3v) is 6.90. The van der Waals surface area contributed by atoms with Crippen LogP contribution in [0.5, 0.6) is 0 Å². The quantitative estimate of drug-likeness (QED) is 0.473. The molecule has 2 aromatic rings. The second-order valence-corrected chi connectivity index (χ2v) is 10.6. The lowest BCUT2D eigenvalue weighted by Crippen LogP contribution is -2.46. The van der Waals surface area contributed by atoms with E-state index < -0.39 is 40.2 Å². The van der Waals surface area contributed by atoms with E-state index in [2.05, 4.69) is 10.4 Å². The van der Waals surface area contributed by atoms with Crippen LogP contribution in [0.2, 0.25) is 0 Å². The average molecular weight is 520 g/mol. The monoisotopic (exact) mass is 519 g/mol. The Bertz CT molecular complexity index is 1120. The molecule has 0 spiro atoms. The molecule has 1 heterocycles. The maximum Gasteiger partial charge on any atom is 0.407 e. The molecule has 0 aliphatic carbocycles. The largest absolute Gasteiger partial charge is 0.444 e. The van der Waals surface area contributed by atoms with Crippen molar-refractivity contribution in [3.63, 3.8) is 0 Å². The Morgan fingerprint density at radius 2 is 1.86 bits per heavy atom. The highest BCUT2D eigenvalue weighted by atomic mass is 32.2. The standard InChI is InChI=1S/C26H31F2N3O4S/c1-17(34-5)23(32)31-26(18-10-7-6-8-11-18,14-9-15-29-24(33)35-25(2,3)4)36-22(30-31)20-16-19(27)12-13-21(20)28/h6-8,10-13,16-17H,9,14-15H2,1-5H3,(H,29,33)/t17-,26+/m0/s1. The minimum Gasteiger partial charge on any atom is -0.444 e. The topological polar surface area (TPSA) is 80.2 Å². The summed E-state index contributed by atoms with van der Waals surface area (Å²) in [6.07, 6.45) is -0.575. The van der Waals surface area contributed by atoms with Gasteiger partial charge in [0, 0.05) is 19.2 Å². The van der Waals surface area contributed by atoms with E-state index in [1.807, 2.05) is 30.3 Å². The summed E-state index contributed by atoms with van der Waals surface area (Å²) >= 11 is 1.17. The fraction of sp³-hybridized carbons (Fsp3) is 0.423. The van der Waals surface area contributed by atoms with Gasteiger partial charge >= 0.3 is 6.09 Å². The number of amides is 2. The van der Waals surface area contributed by atoms with Crippen molar-refractivity contribution in [1.29, 1.82) is 0 Å². The van der Waals surface area contributed by atoms with Crippen LogP contribution in [0.15, 0.2) is 53.6 Å². The van der Waals surface area contributed by atoms with Crippen molar-refractivity contribution in [2.75, 3.05) is 13.7 Å². The molecule has 194 valence electrons. The molecule has 2 atom stereocenters. The van der Waals surface area contributed by atoms with E-state index in [9.17, 15) is 18.4 Å². The lowest BCUT2D eigenvalue weighted by molar-refractivity contribution is -0.144. The molecule has 0 unspecified atom stereocenters. The molecule has 2 aromatic carbocycles. The van der Waals surface area contributed by atoms with Crippen molar-refractivity contribution >= 4 is 28.8 Å². The van der Waals surface area contributed by atoms with Crippen LogP contribution < -0.4 is 5.32 Å². The van der Waals surface area contributed by atoms with E-state index in [0.717, 1.165) is 23.8 Å². The predicted molar refractivity (Wildman–Crippen MR) is 135 cm³/mol. The number of hydrogen-bond donors (Lipinski definition) is 1. The molecular formula is C26H31F2N3O4S. The summed E-state index contributed by atoms with van der Waals surface area (Å²) in [6.45, 7) is 7.20. The summed E-state index contributed by atoms with van der Waals surface area (Å²) in [5, 5.41) is 8.68. The third kappa shape index (κ3) is 6.41. The smallest absolute Gasteiger partial charge is 0.407 e. The molecule has 0 saturated carbocycles. The van der Waals surface area contributed by atoms with Gasteiger partial charge in [0.05, 0.1) is 0 Å². The van der Waals surface area contributed by atoms with E-state index >= 15 is 0 Å². The molecule has 36 heavy (non-hydrogen) atoms. The summed E-state index contributed by atoms with van der Waals surface area (Å²) in [5.41, 5.74) is 0.0838. The van der Waals surface area contributed by atoms with Gasteiger partial charge in [0.2, 0.25) is 0 Å². The zero-order valence-electron chi connectivity index (χ0n) is 21.0. The molecule has 0 aromatic heterocycles. The lowest BCUT2D eigenvalue weighted by atomic mass is 9.99. The zero-order chi connectivity index (χ0) is 26.5. The van der Waals surface area contributed by atoms with Gasteiger partial charge in [-0.05, 0) is 64.3 Å². The summed E-state index contributed by atoms with van der Waals surface area (Å²) in [6, 6.07) is 12.3. The second-order valence-electron chi connectivity index (χ2n) is 9.34. The minimum atomic E-state index is -1.07. The Morgan fingerprint density at radius 1 is 1.17 bits per heavy atom. The molecule has 0 radical (unpaired) electrons. The van der Waals surface area contributed by atoms with Gasteiger partial charge in [0.15, 0.2) is 0 Å². The molecule has 1 N–H and O–H groups in total. The summed E-state index contributed by atoms with van der Waals surface area (Å²) in [7, 11) is 1.41. The number of ether oxygens (including phenoxy) is 2. The van der Waals surface area contributed by atoms with Gasteiger partial charge in [-0.25, -0.2) is 18.6 Å². The highest BCUT2D eigenvalue weighted by Crippen LogP contribution is 2.50. The molecule has 2 amide bonds. The Morgan fingerprint density at radius 3 is 2.50 bits per heavy atom. The molecule has 0 fully saturated rings. The number of alkyl carbamates (subject to hydrolysis) is 1. The first kappa shape index (κ1) is 27.6. The highest BCUT2D eigenvalue weighted by Gasteiger charge is 2.49. The van der Waals surface area contributed by atoms with E-state index in [1.165, 1.54) is 23.9 Å². The summed E-state index contributed by atoms with van der Waals surface area (Å²) < 4.78 is 39.3. The van der Waals surface area contributed by atoms with Gasteiger partial charge in [-0.15, -0.1) is 0 Å². The van der Waals surface area contributed by atoms with Gasteiger partial charge in [-0.3, -0.25) is 4.79 Å². The van der Waals surface area contributed by atoms with Crippen molar-refractivity contribution in [3.05, 3.63) is 71.3 Å². The number of thioether (sulfide) groups is 1. The van der Waals surface area contributed by atoms with E-state index in [1.54, 1.807) is 27.7 Å². The fourth-order valence-corrected chi connectivity index (χ4v) is 5.11. The van der Waals surface area contributed by atoms with Crippen LogP contribution in [0.4, 0.5) is 13.6 Å². The van der Waals surface area contributed by atoms with Gasteiger partial charge in [0.1, 0.15) is 33.3 Å². The fourth-order valence-electron chi connectivity index (χ4n) is 3.68. The Hall–Kier alpha value is -2.98. The number of carbonyl (C=O) groups is 2. The first-order valence-corrected chi connectivity index (χ1v) is 12.4. The van der Waals surface area contributed by atoms with E-state index in [-0.39, 0.29) is 17.2 Å². The number of halogens is 2. The van der Waals surface area contributed by atoms with Gasteiger partial charge < -0.3 is 14.8 Å². The number of carbonyl (C=O) groups excluding carboxylic acids is 2. The summed E-state index contributed by atoms with van der Waals surface area (Å²) in [5.74, 6) is -1.69. The normalized spacial score (nSPS) is 18.5.